The van der Waals surface area contributed by atoms with Crippen LogP contribution in [0.15, 0.2) is 44.4 Å². The Balaban J connectivity index is 2.04. The summed E-state index contributed by atoms with van der Waals surface area (Å²) in [6, 6.07) is 7.02. The van der Waals surface area contributed by atoms with Gasteiger partial charge in [0.1, 0.15) is 11.5 Å². The Bertz CT molecular complexity index is 541. The average molecular weight is 314 g/mol. The van der Waals surface area contributed by atoms with Crippen LogP contribution < -0.4 is 0 Å². The van der Waals surface area contributed by atoms with E-state index < -0.39 is 5.97 Å². The zero-order chi connectivity index (χ0) is 12.3. The third-order valence-corrected chi connectivity index (χ3v) is 3.40. The summed E-state index contributed by atoms with van der Waals surface area (Å²) < 4.78 is 6.04. The molecule has 0 aromatic carbocycles. The monoisotopic (exact) mass is 313 g/mol. The van der Waals surface area contributed by atoms with Crippen LogP contribution in [0.3, 0.4) is 0 Å². The van der Waals surface area contributed by atoms with Crippen molar-refractivity contribution in [3.8, 4) is 0 Å². The van der Waals surface area contributed by atoms with Gasteiger partial charge in [-0.25, -0.2) is 9.78 Å². The normalized spacial score (nSPS) is 10.4. The number of hydrogen-bond donors (Lipinski definition) is 1. The maximum absolute atomic E-state index is 10.7. The van der Waals surface area contributed by atoms with E-state index in [-0.39, 0.29) is 5.69 Å². The van der Waals surface area contributed by atoms with Gasteiger partial charge in [0.05, 0.1) is 5.75 Å². The first-order chi connectivity index (χ1) is 8.15. The highest BCUT2D eigenvalue weighted by Gasteiger charge is 2.06. The topological polar surface area (TPSA) is 63.3 Å². The quantitative estimate of drug-likeness (QED) is 0.876. The van der Waals surface area contributed by atoms with Crippen LogP contribution in [0, 0.1) is 0 Å². The molecule has 0 unspecified atom stereocenters. The molecule has 0 spiro atoms. The molecule has 0 aliphatic heterocycles. The molecule has 2 aromatic heterocycles. The van der Waals surface area contributed by atoms with Gasteiger partial charge in [0.25, 0.3) is 0 Å². The van der Waals surface area contributed by atoms with Crippen LogP contribution >= 0.6 is 27.7 Å². The van der Waals surface area contributed by atoms with E-state index in [1.54, 1.807) is 12.1 Å². The summed E-state index contributed by atoms with van der Waals surface area (Å²) in [5, 5.41) is 8.80. The lowest BCUT2D eigenvalue weighted by molar-refractivity contribution is 0.0690. The molecule has 0 aliphatic carbocycles. The first kappa shape index (κ1) is 12.2. The predicted molar refractivity (Wildman–Crippen MR) is 67.2 cm³/mol. The van der Waals surface area contributed by atoms with Crippen LogP contribution in [-0.4, -0.2) is 16.1 Å². The van der Waals surface area contributed by atoms with Crippen LogP contribution in [0.1, 0.15) is 16.2 Å². The van der Waals surface area contributed by atoms with Crippen molar-refractivity contribution in [3.05, 3.63) is 46.6 Å². The average Bonchev–Trinajstić information content (AvgIpc) is 2.73. The van der Waals surface area contributed by atoms with E-state index in [1.807, 2.05) is 12.1 Å². The Morgan fingerprint density at radius 1 is 1.47 bits per heavy atom. The molecule has 2 aromatic rings. The second-order valence-electron chi connectivity index (χ2n) is 3.18. The van der Waals surface area contributed by atoms with Gasteiger partial charge in [-0.15, -0.1) is 11.8 Å². The predicted octanol–water partition coefficient (Wildman–Crippen LogP) is 3.43. The van der Waals surface area contributed by atoms with E-state index in [9.17, 15) is 4.79 Å². The van der Waals surface area contributed by atoms with E-state index in [4.69, 9.17) is 9.52 Å². The van der Waals surface area contributed by atoms with Crippen LogP contribution in [0.2, 0.25) is 0 Å². The fourth-order valence-corrected chi connectivity index (χ4v) is 2.36. The van der Waals surface area contributed by atoms with Gasteiger partial charge >= 0.3 is 5.97 Å². The minimum atomic E-state index is -1.02. The standard InChI is InChI=1S/C11H8BrNO3S/c12-10-2-1-7(16-10)6-17-8-3-4-13-9(5-8)11(14)15/h1-5H,6H2,(H,14,15). The zero-order valence-electron chi connectivity index (χ0n) is 8.59. The Hall–Kier alpha value is -1.27. The number of pyridine rings is 1. The highest BCUT2D eigenvalue weighted by molar-refractivity contribution is 9.10. The zero-order valence-corrected chi connectivity index (χ0v) is 11.0. The van der Waals surface area contributed by atoms with Crippen molar-refractivity contribution in [2.75, 3.05) is 0 Å². The van der Waals surface area contributed by atoms with E-state index in [0.29, 0.717) is 10.4 Å². The van der Waals surface area contributed by atoms with Crippen molar-refractivity contribution >= 4 is 33.7 Å². The summed E-state index contributed by atoms with van der Waals surface area (Å²) in [5.41, 5.74) is 0.0515. The minimum absolute atomic E-state index is 0.0515. The molecule has 1 N–H and O–H groups in total. The number of aromatic carboxylic acids is 1. The van der Waals surface area contributed by atoms with Crippen molar-refractivity contribution < 1.29 is 14.3 Å². The van der Waals surface area contributed by atoms with Gasteiger partial charge in [-0.05, 0) is 40.2 Å². The van der Waals surface area contributed by atoms with E-state index in [2.05, 4.69) is 20.9 Å². The molecule has 0 atom stereocenters. The fourth-order valence-electron chi connectivity index (χ4n) is 1.20. The third kappa shape index (κ3) is 3.34. The van der Waals surface area contributed by atoms with E-state index >= 15 is 0 Å². The summed E-state index contributed by atoms with van der Waals surface area (Å²) in [5.74, 6) is 0.457. The van der Waals surface area contributed by atoms with Crippen LogP contribution in [-0.2, 0) is 5.75 Å². The lowest BCUT2D eigenvalue weighted by Gasteiger charge is -2.00. The molecule has 0 aliphatic rings. The van der Waals surface area contributed by atoms with Crippen molar-refractivity contribution in [1.29, 1.82) is 0 Å². The number of halogens is 1. The summed E-state index contributed by atoms with van der Waals surface area (Å²) >= 11 is 4.73. The number of thioether (sulfide) groups is 1. The Labute approximate surface area is 110 Å². The first-order valence-corrected chi connectivity index (χ1v) is 6.49. The number of nitrogens with zero attached hydrogens (tertiary/aromatic N) is 1. The van der Waals surface area contributed by atoms with Gasteiger partial charge in [-0.3, -0.25) is 0 Å². The summed E-state index contributed by atoms with van der Waals surface area (Å²) in [6.07, 6.45) is 1.49. The number of aromatic nitrogens is 1. The molecule has 4 nitrogen and oxygen atoms in total. The molecule has 2 rings (SSSR count). The molecule has 0 radical (unpaired) electrons. The maximum Gasteiger partial charge on any atom is 0.354 e. The Morgan fingerprint density at radius 3 is 2.94 bits per heavy atom. The van der Waals surface area contributed by atoms with Crippen molar-refractivity contribution in [2.45, 2.75) is 10.6 Å². The molecular formula is C11H8BrNO3S. The molecular weight excluding hydrogens is 306 g/mol. The van der Waals surface area contributed by atoms with E-state index in [0.717, 1.165) is 10.7 Å². The SMILES string of the molecule is O=C(O)c1cc(SCc2ccc(Br)o2)ccn1. The highest BCUT2D eigenvalue weighted by Crippen LogP contribution is 2.25. The number of carboxylic acids is 1. The number of furan rings is 1. The Morgan fingerprint density at radius 2 is 2.29 bits per heavy atom. The Kier molecular flexibility index (Phi) is 3.86. The number of hydrogen-bond acceptors (Lipinski definition) is 4. The molecule has 0 fully saturated rings. The van der Waals surface area contributed by atoms with Crippen LogP contribution in [0.25, 0.3) is 0 Å². The second-order valence-corrected chi connectivity index (χ2v) is 5.01. The second kappa shape index (κ2) is 5.37. The number of rotatable bonds is 4. The van der Waals surface area contributed by atoms with Crippen molar-refractivity contribution in [1.82, 2.24) is 4.98 Å². The van der Waals surface area contributed by atoms with Crippen LogP contribution in [0.4, 0.5) is 0 Å². The van der Waals surface area contributed by atoms with Gasteiger partial charge in [-0.1, -0.05) is 0 Å². The largest absolute Gasteiger partial charge is 0.477 e. The smallest absolute Gasteiger partial charge is 0.354 e. The first-order valence-electron chi connectivity index (χ1n) is 4.71. The summed E-state index contributed by atoms with van der Waals surface area (Å²) in [6.45, 7) is 0. The van der Waals surface area contributed by atoms with Crippen molar-refractivity contribution in [2.24, 2.45) is 0 Å². The molecule has 6 heteroatoms. The molecule has 0 saturated carbocycles. The molecule has 17 heavy (non-hydrogen) atoms. The summed E-state index contributed by atoms with van der Waals surface area (Å²) in [4.78, 5) is 15.3. The van der Waals surface area contributed by atoms with Gasteiger partial charge in [0, 0.05) is 11.1 Å². The minimum Gasteiger partial charge on any atom is -0.477 e. The maximum atomic E-state index is 10.7. The fraction of sp³-hybridized carbons (Fsp3) is 0.0909. The van der Waals surface area contributed by atoms with Crippen LogP contribution in [0.5, 0.6) is 0 Å². The van der Waals surface area contributed by atoms with Gasteiger partial charge in [-0.2, -0.15) is 0 Å². The molecule has 0 amide bonds. The molecule has 2 heterocycles. The van der Waals surface area contributed by atoms with E-state index in [1.165, 1.54) is 18.0 Å². The van der Waals surface area contributed by atoms with Crippen molar-refractivity contribution in [3.63, 3.8) is 0 Å². The van der Waals surface area contributed by atoms with Gasteiger partial charge in [0.15, 0.2) is 4.67 Å². The lowest BCUT2D eigenvalue weighted by atomic mass is 10.3. The number of carboxylic acid groups (broad SMARTS) is 1. The third-order valence-electron chi connectivity index (χ3n) is 1.96. The summed E-state index contributed by atoms with van der Waals surface area (Å²) in [7, 11) is 0. The van der Waals surface area contributed by atoms with Gasteiger partial charge in [0.2, 0.25) is 0 Å². The lowest BCUT2D eigenvalue weighted by Crippen LogP contribution is -1.99. The molecule has 0 saturated heterocycles. The highest BCUT2D eigenvalue weighted by atomic mass is 79.9. The molecule has 88 valence electrons. The van der Waals surface area contributed by atoms with Gasteiger partial charge < -0.3 is 9.52 Å². The number of carbonyl (C=O) groups is 1. The molecule has 0 bridgehead atoms.